The van der Waals surface area contributed by atoms with Crippen molar-refractivity contribution in [1.82, 2.24) is 14.9 Å². The molecule has 0 saturated heterocycles. The molecule has 0 aliphatic heterocycles. The number of carbonyl (C=O) groups excluding carboxylic acids is 1. The summed E-state index contributed by atoms with van der Waals surface area (Å²) in [5.41, 5.74) is 0.246. The van der Waals surface area contributed by atoms with Crippen LogP contribution >= 0.6 is 11.6 Å². The highest BCUT2D eigenvalue weighted by atomic mass is 35.5. The van der Waals surface area contributed by atoms with Gasteiger partial charge in [-0.05, 0) is 12.8 Å². The zero-order valence-electron chi connectivity index (χ0n) is 11.6. The summed E-state index contributed by atoms with van der Waals surface area (Å²) in [5, 5.41) is 8.97. The van der Waals surface area contributed by atoms with Gasteiger partial charge in [-0.25, -0.2) is 9.97 Å². The van der Waals surface area contributed by atoms with E-state index in [1.807, 2.05) is 13.8 Å². The second-order valence-corrected chi connectivity index (χ2v) is 5.62. The van der Waals surface area contributed by atoms with E-state index in [9.17, 15) is 4.79 Å². The van der Waals surface area contributed by atoms with Crippen molar-refractivity contribution >= 4 is 17.5 Å². The average molecular weight is 293 g/mol. The molecule has 20 heavy (non-hydrogen) atoms. The van der Waals surface area contributed by atoms with E-state index >= 15 is 0 Å². The predicted molar refractivity (Wildman–Crippen MR) is 75.4 cm³/mol. The van der Waals surface area contributed by atoms with Gasteiger partial charge in [0.1, 0.15) is 5.82 Å². The number of nitriles is 1. The van der Waals surface area contributed by atoms with Crippen molar-refractivity contribution in [2.45, 2.75) is 45.1 Å². The molecule has 0 atom stereocenters. The van der Waals surface area contributed by atoms with Crippen LogP contribution in [-0.2, 0) is 0 Å². The van der Waals surface area contributed by atoms with Crippen molar-refractivity contribution in [3.05, 3.63) is 22.7 Å². The molecule has 0 radical (unpaired) electrons. The maximum Gasteiger partial charge on any atom is 0.274 e. The van der Waals surface area contributed by atoms with Gasteiger partial charge in [0.05, 0.1) is 23.7 Å². The molecule has 1 aromatic rings. The fourth-order valence-electron chi connectivity index (χ4n) is 1.95. The van der Waals surface area contributed by atoms with E-state index in [4.69, 9.17) is 16.9 Å². The lowest BCUT2D eigenvalue weighted by Crippen LogP contribution is -2.35. The number of carbonyl (C=O) groups is 1. The molecule has 1 aromatic heterocycles. The number of halogens is 1. The van der Waals surface area contributed by atoms with Crippen LogP contribution in [0.15, 0.2) is 6.20 Å². The third kappa shape index (κ3) is 3.26. The molecule has 106 valence electrons. The highest BCUT2D eigenvalue weighted by molar-refractivity contribution is 6.33. The van der Waals surface area contributed by atoms with Crippen molar-refractivity contribution in [2.75, 3.05) is 6.54 Å². The number of nitrogens with zero attached hydrogens (tertiary/aromatic N) is 4. The van der Waals surface area contributed by atoms with E-state index in [1.54, 1.807) is 4.90 Å². The Morgan fingerprint density at radius 2 is 2.30 bits per heavy atom. The van der Waals surface area contributed by atoms with Gasteiger partial charge in [0.25, 0.3) is 5.91 Å². The third-order valence-electron chi connectivity index (χ3n) is 3.19. The molecule has 1 aliphatic rings. The molecule has 1 aliphatic carbocycles. The maximum absolute atomic E-state index is 12.6. The molecule has 2 rings (SSSR count). The van der Waals surface area contributed by atoms with E-state index < -0.39 is 0 Å². The molecule has 1 amide bonds. The fourth-order valence-corrected chi connectivity index (χ4v) is 2.12. The summed E-state index contributed by atoms with van der Waals surface area (Å²) in [4.78, 5) is 22.7. The zero-order chi connectivity index (χ0) is 14.7. The zero-order valence-corrected chi connectivity index (χ0v) is 12.4. The summed E-state index contributed by atoms with van der Waals surface area (Å²) in [6, 6.07) is 2.30. The Morgan fingerprint density at radius 3 is 2.85 bits per heavy atom. The van der Waals surface area contributed by atoms with Gasteiger partial charge in [-0.15, -0.1) is 0 Å². The van der Waals surface area contributed by atoms with Gasteiger partial charge in [-0.3, -0.25) is 4.79 Å². The minimum Gasteiger partial charge on any atom is -0.333 e. The summed E-state index contributed by atoms with van der Waals surface area (Å²) < 4.78 is 0. The molecule has 1 fully saturated rings. The molecule has 1 saturated carbocycles. The highest BCUT2D eigenvalue weighted by Gasteiger charge is 2.34. The van der Waals surface area contributed by atoms with Gasteiger partial charge in [-0.1, -0.05) is 25.4 Å². The normalized spacial score (nSPS) is 14.2. The Kier molecular flexibility index (Phi) is 4.56. The molecule has 5 nitrogen and oxygen atoms in total. The van der Waals surface area contributed by atoms with Crippen LogP contribution in [0.1, 0.15) is 55.3 Å². The van der Waals surface area contributed by atoms with E-state index in [0.29, 0.717) is 18.8 Å². The Labute approximate surface area is 123 Å². The SMILES string of the molecule is CC(C)c1ncc(Cl)c(C(=O)N(CCC#N)C2CC2)n1. The Bertz CT molecular complexity index is 549. The third-order valence-corrected chi connectivity index (χ3v) is 3.47. The number of hydrogen-bond donors (Lipinski definition) is 0. The number of rotatable bonds is 5. The minimum atomic E-state index is -0.197. The minimum absolute atomic E-state index is 0.132. The molecule has 6 heteroatoms. The Morgan fingerprint density at radius 1 is 1.60 bits per heavy atom. The summed E-state index contributed by atoms with van der Waals surface area (Å²) in [7, 11) is 0. The smallest absolute Gasteiger partial charge is 0.274 e. The lowest BCUT2D eigenvalue weighted by Gasteiger charge is -2.21. The van der Waals surface area contributed by atoms with Gasteiger partial charge in [-0.2, -0.15) is 5.26 Å². The van der Waals surface area contributed by atoms with E-state index in [2.05, 4.69) is 16.0 Å². The molecule has 0 N–H and O–H groups in total. The predicted octanol–water partition coefficient (Wildman–Crippen LogP) is 2.77. The second kappa shape index (κ2) is 6.19. The van der Waals surface area contributed by atoms with Crippen molar-refractivity contribution < 1.29 is 4.79 Å². The maximum atomic E-state index is 12.6. The van der Waals surface area contributed by atoms with Gasteiger partial charge in [0, 0.05) is 18.5 Å². The summed E-state index contributed by atoms with van der Waals surface area (Å²) in [6.45, 7) is 4.36. The quantitative estimate of drug-likeness (QED) is 0.836. The molecule has 0 aromatic carbocycles. The van der Waals surface area contributed by atoms with Crippen molar-refractivity contribution in [3.8, 4) is 6.07 Å². The topological polar surface area (TPSA) is 69.9 Å². The number of aromatic nitrogens is 2. The van der Waals surface area contributed by atoms with Gasteiger partial charge < -0.3 is 4.90 Å². The largest absolute Gasteiger partial charge is 0.333 e. The molecular weight excluding hydrogens is 276 g/mol. The van der Waals surface area contributed by atoms with Crippen LogP contribution in [-0.4, -0.2) is 33.4 Å². The summed E-state index contributed by atoms with van der Waals surface area (Å²) in [5.74, 6) is 0.540. The van der Waals surface area contributed by atoms with Crippen LogP contribution in [0.25, 0.3) is 0 Å². The van der Waals surface area contributed by atoms with Crippen LogP contribution in [0, 0.1) is 11.3 Å². The standard InChI is InChI=1S/C14H17ClN4O/c1-9(2)13-17-8-11(15)12(18-13)14(20)19(7-3-6-16)10-4-5-10/h8-10H,3-5,7H2,1-2H3. The number of amides is 1. The highest BCUT2D eigenvalue weighted by Crippen LogP contribution is 2.29. The van der Waals surface area contributed by atoms with Crippen molar-refractivity contribution in [1.29, 1.82) is 5.26 Å². The molecule has 1 heterocycles. The van der Waals surface area contributed by atoms with Gasteiger partial charge >= 0.3 is 0 Å². The van der Waals surface area contributed by atoms with E-state index in [-0.39, 0.29) is 28.6 Å². The summed E-state index contributed by atoms with van der Waals surface area (Å²) >= 11 is 6.06. The van der Waals surface area contributed by atoms with Crippen LogP contribution < -0.4 is 0 Å². The number of hydrogen-bond acceptors (Lipinski definition) is 4. The molecular formula is C14H17ClN4O. The molecule has 0 spiro atoms. The first-order valence-electron chi connectivity index (χ1n) is 6.75. The summed E-state index contributed by atoms with van der Waals surface area (Å²) in [6.07, 6.45) is 3.77. The van der Waals surface area contributed by atoms with E-state index in [1.165, 1.54) is 6.20 Å². The van der Waals surface area contributed by atoms with Crippen LogP contribution in [0.4, 0.5) is 0 Å². The van der Waals surface area contributed by atoms with E-state index in [0.717, 1.165) is 12.8 Å². The first kappa shape index (κ1) is 14.7. The Hall–Kier alpha value is -1.67. The van der Waals surface area contributed by atoms with Gasteiger partial charge in [0.15, 0.2) is 5.69 Å². The van der Waals surface area contributed by atoms with Crippen molar-refractivity contribution in [3.63, 3.8) is 0 Å². The Balaban J connectivity index is 2.26. The first-order valence-corrected chi connectivity index (χ1v) is 7.12. The lowest BCUT2D eigenvalue weighted by atomic mass is 10.2. The first-order chi connectivity index (χ1) is 9.54. The average Bonchev–Trinajstić information content (AvgIpc) is 3.23. The second-order valence-electron chi connectivity index (χ2n) is 5.22. The van der Waals surface area contributed by atoms with Crippen LogP contribution in [0.3, 0.4) is 0 Å². The van der Waals surface area contributed by atoms with Crippen molar-refractivity contribution in [2.24, 2.45) is 0 Å². The van der Waals surface area contributed by atoms with Crippen LogP contribution in [0.2, 0.25) is 5.02 Å². The molecule has 0 bridgehead atoms. The van der Waals surface area contributed by atoms with Gasteiger partial charge in [0.2, 0.25) is 0 Å². The lowest BCUT2D eigenvalue weighted by molar-refractivity contribution is 0.0740. The fraction of sp³-hybridized carbons (Fsp3) is 0.571. The molecule has 0 unspecified atom stereocenters. The van der Waals surface area contributed by atoms with Crippen LogP contribution in [0.5, 0.6) is 0 Å². The monoisotopic (exact) mass is 292 g/mol.